The Morgan fingerprint density at radius 3 is 2.63 bits per heavy atom. The van der Waals surface area contributed by atoms with E-state index in [0.717, 1.165) is 22.1 Å². The van der Waals surface area contributed by atoms with Crippen LogP contribution >= 0.6 is 0 Å². The van der Waals surface area contributed by atoms with Gasteiger partial charge >= 0.3 is 0 Å². The van der Waals surface area contributed by atoms with Crippen molar-refractivity contribution < 1.29 is 14.4 Å². The lowest BCUT2D eigenvalue weighted by Crippen LogP contribution is -1.87. The van der Waals surface area contributed by atoms with Crippen LogP contribution < -0.4 is 4.74 Å². The molecule has 0 bridgehead atoms. The van der Waals surface area contributed by atoms with Crippen molar-refractivity contribution in [3.05, 3.63) is 48.2 Å². The normalized spacial score (nSPS) is 10.8. The highest BCUT2D eigenvalue weighted by Gasteiger charge is 2.11. The van der Waals surface area contributed by atoms with Crippen molar-refractivity contribution in [2.75, 3.05) is 7.11 Å². The summed E-state index contributed by atoms with van der Waals surface area (Å²) in [5.41, 5.74) is 1.67. The molecule has 0 saturated carbocycles. The maximum Gasteiger partial charge on any atom is 0.162 e. The molecule has 0 spiro atoms. The summed E-state index contributed by atoms with van der Waals surface area (Å²) in [6.07, 6.45) is 0. The topological polar surface area (TPSA) is 55.5 Å². The lowest BCUT2D eigenvalue weighted by atomic mass is 10.0. The second-order valence-corrected chi connectivity index (χ2v) is 4.20. The molecule has 3 rings (SSSR count). The number of aliphatic hydroxyl groups excluding tert-OH is 1. The number of aliphatic hydroxyl groups is 1. The van der Waals surface area contributed by atoms with Crippen LogP contribution in [0.25, 0.3) is 22.0 Å². The molecule has 96 valence electrons. The van der Waals surface area contributed by atoms with Gasteiger partial charge in [0, 0.05) is 17.0 Å². The number of rotatable bonds is 3. The van der Waals surface area contributed by atoms with Crippen LogP contribution in [0.1, 0.15) is 5.76 Å². The fraction of sp³-hybridized carbons (Fsp3) is 0.133. The van der Waals surface area contributed by atoms with Crippen LogP contribution in [0.2, 0.25) is 0 Å². The molecule has 3 aromatic rings. The van der Waals surface area contributed by atoms with Crippen molar-refractivity contribution in [2.45, 2.75) is 6.61 Å². The Balaban J connectivity index is 2.24. The van der Waals surface area contributed by atoms with Gasteiger partial charge in [-0.25, -0.2) is 0 Å². The molecular weight excluding hydrogens is 242 g/mol. The highest BCUT2D eigenvalue weighted by Crippen LogP contribution is 2.33. The molecule has 4 nitrogen and oxygen atoms in total. The van der Waals surface area contributed by atoms with Crippen molar-refractivity contribution in [1.29, 1.82) is 0 Å². The van der Waals surface area contributed by atoms with Crippen LogP contribution in [0, 0.1) is 0 Å². The number of ether oxygens (including phenoxy) is 1. The van der Waals surface area contributed by atoms with Gasteiger partial charge in [-0.15, -0.1) is 0 Å². The van der Waals surface area contributed by atoms with Crippen molar-refractivity contribution in [3.63, 3.8) is 0 Å². The number of benzene rings is 2. The molecule has 2 aromatic carbocycles. The smallest absolute Gasteiger partial charge is 0.162 e. The number of fused-ring (bicyclic) bond motifs is 1. The molecule has 1 aromatic heterocycles. The number of hydrogen-bond donors (Lipinski definition) is 1. The summed E-state index contributed by atoms with van der Waals surface area (Å²) < 4.78 is 10.4. The van der Waals surface area contributed by atoms with Gasteiger partial charge in [0.25, 0.3) is 0 Å². The number of methoxy groups -OCH3 is 1. The highest BCUT2D eigenvalue weighted by atomic mass is 16.5. The van der Waals surface area contributed by atoms with Crippen LogP contribution in [0.5, 0.6) is 5.75 Å². The molecule has 0 fully saturated rings. The van der Waals surface area contributed by atoms with Crippen LogP contribution in [0.15, 0.2) is 47.0 Å². The zero-order valence-electron chi connectivity index (χ0n) is 10.5. The van der Waals surface area contributed by atoms with E-state index >= 15 is 0 Å². The Bertz CT molecular complexity index is 718. The first-order chi connectivity index (χ1) is 9.33. The minimum Gasteiger partial charge on any atom is -0.496 e. The van der Waals surface area contributed by atoms with Gasteiger partial charge in [0.05, 0.1) is 7.11 Å². The minimum absolute atomic E-state index is 0.152. The molecule has 4 heteroatoms. The van der Waals surface area contributed by atoms with E-state index < -0.39 is 0 Å². The third-order valence-corrected chi connectivity index (χ3v) is 3.09. The fourth-order valence-electron chi connectivity index (χ4n) is 2.19. The van der Waals surface area contributed by atoms with E-state index in [1.165, 1.54) is 0 Å². The standard InChI is InChI=1S/C15H13NO3/c1-18-15-7-6-12(11-4-2-3-5-13(11)15)14-8-10(9-17)19-16-14/h2-8,17H,9H2,1H3. The van der Waals surface area contributed by atoms with Gasteiger partial charge < -0.3 is 14.4 Å². The molecule has 0 aliphatic heterocycles. The van der Waals surface area contributed by atoms with Crippen molar-refractivity contribution >= 4 is 10.8 Å². The third-order valence-electron chi connectivity index (χ3n) is 3.09. The summed E-state index contributed by atoms with van der Waals surface area (Å²) in [4.78, 5) is 0. The summed E-state index contributed by atoms with van der Waals surface area (Å²) in [5.74, 6) is 1.28. The molecule has 0 unspecified atom stereocenters. The Hall–Kier alpha value is -2.33. The van der Waals surface area contributed by atoms with E-state index in [0.29, 0.717) is 11.5 Å². The summed E-state index contributed by atoms with van der Waals surface area (Å²) in [5, 5.41) is 15.1. The SMILES string of the molecule is COc1ccc(-c2cc(CO)on2)c2ccccc12. The summed E-state index contributed by atoms with van der Waals surface area (Å²) in [6, 6.07) is 13.6. The summed E-state index contributed by atoms with van der Waals surface area (Å²) >= 11 is 0. The molecule has 0 aliphatic carbocycles. The molecule has 1 heterocycles. The predicted molar refractivity (Wildman–Crippen MR) is 71.9 cm³/mol. The fourth-order valence-corrected chi connectivity index (χ4v) is 2.19. The largest absolute Gasteiger partial charge is 0.496 e. The zero-order chi connectivity index (χ0) is 13.2. The zero-order valence-corrected chi connectivity index (χ0v) is 10.5. The monoisotopic (exact) mass is 255 g/mol. The van der Waals surface area contributed by atoms with E-state index in [-0.39, 0.29) is 6.61 Å². The Morgan fingerprint density at radius 2 is 1.95 bits per heavy atom. The number of nitrogens with zero attached hydrogens (tertiary/aromatic N) is 1. The summed E-state index contributed by atoms with van der Waals surface area (Å²) in [7, 11) is 1.65. The van der Waals surface area contributed by atoms with Gasteiger partial charge in [0.2, 0.25) is 0 Å². The van der Waals surface area contributed by atoms with Crippen molar-refractivity contribution in [2.24, 2.45) is 0 Å². The average molecular weight is 255 g/mol. The van der Waals surface area contributed by atoms with E-state index in [9.17, 15) is 0 Å². The van der Waals surface area contributed by atoms with Gasteiger partial charge in [-0.05, 0) is 17.5 Å². The van der Waals surface area contributed by atoms with Crippen molar-refractivity contribution in [1.82, 2.24) is 5.16 Å². The molecule has 0 aliphatic rings. The van der Waals surface area contributed by atoms with E-state index in [4.69, 9.17) is 14.4 Å². The van der Waals surface area contributed by atoms with Crippen LogP contribution in [0.4, 0.5) is 0 Å². The second kappa shape index (κ2) is 4.74. The summed E-state index contributed by atoms with van der Waals surface area (Å²) in [6.45, 7) is -0.152. The van der Waals surface area contributed by atoms with Crippen LogP contribution in [-0.2, 0) is 6.61 Å². The molecule has 0 amide bonds. The van der Waals surface area contributed by atoms with Gasteiger partial charge in [-0.3, -0.25) is 0 Å². The highest BCUT2D eigenvalue weighted by molar-refractivity contribution is 5.99. The lowest BCUT2D eigenvalue weighted by molar-refractivity contribution is 0.229. The number of hydrogen-bond acceptors (Lipinski definition) is 4. The maximum atomic E-state index is 9.04. The molecule has 1 N–H and O–H groups in total. The lowest BCUT2D eigenvalue weighted by Gasteiger charge is -2.08. The molecule has 0 atom stereocenters. The van der Waals surface area contributed by atoms with E-state index in [1.54, 1.807) is 13.2 Å². The number of aromatic nitrogens is 1. The first-order valence-corrected chi connectivity index (χ1v) is 5.96. The Morgan fingerprint density at radius 1 is 1.16 bits per heavy atom. The van der Waals surface area contributed by atoms with Gasteiger partial charge in [0.1, 0.15) is 18.1 Å². The van der Waals surface area contributed by atoms with E-state index in [2.05, 4.69) is 5.16 Å². The van der Waals surface area contributed by atoms with Crippen LogP contribution in [0.3, 0.4) is 0 Å². The van der Waals surface area contributed by atoms with Gasteiger partial charge in [-0.2, -0.15) is 0 Å². The Labute approximate surface area is 110 Å². The first-order valence-electron chi connectivity index (χ1n) is 5.96. The average Bonchev–Trinajstić information content (AvgIpc) is 2.95. The maximum absolute atomic E-state index is 9.04. The molecule has 0 saturated heterocycles. The van der Waals surface area contributed by atoms with Crippen molar-refractivity contribution in [3.8, 4) is 17.0 Å². The van der Waals surface area contributed by atoms with Gasteiger partial charge in [0.15, 0.2) is 5.76 Å². The third kappa shape index (κ3) is 1.96. The predicted octanol–water partition coefficient (Wildman–Crippen LogP) is 3.00. The quantitative estimate of drug-likeness (QED) is 0.781. The Kier molecular flexibility index (Phi) is 2.93. The van der Waals surface area contributed by atoms with Crippen LogP contribution in [-0.4, -0.2) is 17.4 Å². The first kappa shape index (κ1) is 11.7. The molecule has 19 heavy (non-hydrogen) atoms. The molecule has 0 radical (unpaired) electrons. The van der Waals surface area contributed by atoms with E-state index in [1.807, 2.05) is 36.4 Å². The molecular formula is C15H13NO3. The second-order valence-electron chi connectivity index (χ2n) is 4.20. The minimum atomic E-state index is -0.152. The van der Waals surface area contributed by atoms with Gasteiger partial charge in [-0.1, -0.05) is 29.4 Å².